The zero-order chi connectivity index (χ0) is 29.8. The highest BCUT2D eigenvalue weighted by Gasteiger charge is 2.90. The van der Waals surface area contributed by atoms with Gasteiger partial charge in [0.2, 0.25) is 0 Å². The maximum Gasteiger partial charge on any atom is 0.438 e. The molecule has 1 atom stereocenters. The first-order valence-electron chi connectivity index (χ1n) is 9.37. The third kappa shape index (κ3) is 8.11. The van der Waals surface area contributed by atoms with Crippen LogP contribution >= 0.6 is 0 Å². The normalized spacial score (nSPS) is 14.6. The van der Waals surface area contributed by atoms with Gasteiger partial charge in [0.15, 0.2) is 0 Å². The summed E-state index contributed by atoms with van der Waals surface area (Å²) in [6.45, 7) is 2.47. The van der Waals surface area contributed by atoms with Crippen molar-refractivity contribution in [2.75, 3.05) is 13.2 Å². The Balaban J connectivity index is 5.98. The molecule has 0 radical (unpaired) electrons. The van der Waals surface area contributed by atoms with Gasteiger partial charge in [0.25, 0.3) is 0 Å². The van der Waals surface area contributed by atoms with Crippen LogP contribution in [0.1, 0.15) is 26.7 Å². The number of esters is 3. The largest absolute Gasteiger partial charge is 0.462 e. The molecule has 0 aromatic carbocycles. The summed E-state index contributed by atoms with van der Waals surface area (Å²) < 4.78 is 184. The van der Waals surface area contributed by atoms with E-state index in [9.17, 15) is 71.5 Å². The molecule has 1 unspecified atom stereocenters. The van der Waals surface area contributed by atoms with E-state index < -0.39 is 85.9 Å². The molecule has 0 aliphatic heterocycles. The van der Waals surface area contributed by atoms with E-state index in [0.717, 1.165) is 0 Å². The van der Waals surface area contributed by atoms with Crippen LogP contribution in [-0.2, 0) is 28.6 Å². The number of carbonyl (C=O) groups is 3. The molecule has 0 spiro atoms. The fourth-order valence-corrected chi connectivity index (χ4v) is 2.25. The smallest absolute Gasteiger partial charge is 0.438 e. The van der Waals surface area contributed by atoms with Crippen LogP contribution in [0.15, 0.2) is 12.2 Å². The molecule has 0 saturated carbocycles. The first-order valence-corrected chi connectivity index (χ1v) is 9.37. The van der Waals surface area contributed by atoms with Crippen LogP contribution in [0, 0.1) is 0 Å². The molecule has 0 aliphatic carbocycles. The van der Waals surface area contributed by atoms with Gasteiger partial charge in [0, 0.05) is 12.5 Å². The summed E-state index contributed by atoms with van der Waals surface area (Å²) in [5, 5.41) is 0. The lowest BCUT2D eigenvalue weighted by Gasteiger charge is -2.40. The van der Waals surface area contributed by atoms with E-state index in [1.807, 2.05) is 0 Å². The fraction of sp³-hybridized carbons (Fsp3) is 0.722. The van der Waals surface area contributed by atoms with Gasteiger partial charge in [-0.3, -0.25) is 4.79 Å². The molecule has 216 valence electrons. The Morgan fingerprint density at radius 1 is 0.784 bits per heavy atom. The van der Waals surface area contributed by atoms with Crippen molar-refractivity contribution >= 4 is 17.9 Å². The Morgan fingerprint density at radius 3 is 1.59 bits per heavy atom. The minimum absolute atomic E-state index is 0.136. The molecule has 6 nitrogen and oxygen atoms in total. The minimum Gasteiger partial charge on any atom is -0.462 e. The molecule has 19 heteroatoms. The Hall–Kier alpha value is -2.76. The number of carbonyl (C=O) groups excluding carboxylic acids is 3. The summed E-state index contributed by atoms with van der Waals surface area (Å²) in [5.74, 6) is -24.6. The first-order chi connectivity index (χ1) is 16.2. The fourth-order valence-electron chi connectivity index (χ4n) is 2.25. The zero-order valence-corrected chi connectivity index (χ0v) is 18.5. The van der Waals surface area contributed by atoms with E-state index in [1.165, 1.54) is 6.92 Å². The van der Waals surface area contributed by atoms with Gasteiger partial charge in [0.1, 0.15) is 19.3 Å². The number of alkyl halides is 13. The average molecular weight is 576 g/mol. The molecule has 0 N–H and O–H groups in total. The first kappa shape index (κ1) is 34.2. The zero-order valence-electron chi connectivity index (χ0n) is 18.5. The van der Waals surface area contributed by atoms with Gasteiger partial charge in [-0.15, -0.1) is 0 Å². The molecular weight excluding hydrogens is 559 g/mol. The number of ether oxygens (including phenoxy) is 3. The van der Waals surface area contributed by atoms with Crippen LogP contribution in [-0.4, -0.2) is 73.0 Å². The predicted molar refractivity (Wildman–Crippen MR) is 92.3 cm³/mol. The Morgan fingerprint density at radius 2 is 1.22 bits per heavy atom. The van der Waals surface area contributed by atoms with Crippen molar-refractivity contribution in [1.29, 1.82) is 0 Å². The molecule has 0 rings (SSSR count). The number of hydrogen-bond donors (Lipinski definition) is 0. The van der Waals surface area contributed by atoms with Crippen molar-refractivity contribution in [3.8, 4) is 0 Å². The van der Waals surface area contributed by atoms with Gasteiger partial charge >= 0.3 is 53.7 Å². The molecule has 37 heavy (non-hydrogen) atoms. The van der Waals surface area contributed by atoms with Gasteiger partial charge in [-0.05, 0) is 6.92 Å². The monoisotopic (exact) mass is 576 g/mol. The van der Waals surface area contributed by atoms with E-state index in [4.69, 9.17) is 0 Å². The van der Waals surface area contributed by atoms with Crippen molar-refractivity contribution in [3.05, 3.63) is 12.2 Å². The summed E-state index contributed by atoms with van der Waals surface area (Å²) in [6.07, 6.45) is -23.7. The van der Waals surface area contributed by atoms with Gasteiger partial charge in [0.05, 0.1) is 12.8 Å². The standard InChI is InChI=1S/C18H17F13O6/c1-8(2)11(33)36-5-4-35-10(32)6-9(37-12(34)13(3,19)20)7-14(21,22)16(24,25)15(23,17(26,27)28)18(29,30)31/h9H,1,4-7H2,2-3H3. The highest BCUT2D eigenvalue weighted by atomic mass is 19.4. The van der Waals surface area contributed by atoms with Gasteiger partial charge in [-0.25, -0.2) is 14.0 Å². The molecule has 0 heterocycles. The van der Waals surface area contributed by atoms with E-state index in [-0.39, 0.29) is 12.5 Å². The maximum absolute atomic E-state index is 14.1. The Bertz CT molecular complexity index is 844. The molecule has 0 aromatic heterocycles. The third-order valence-corrected chi connectivity index (χ3v) is 4.11. The Kier molecular flexibility index (Phi) is 10.5. The maximum atomic E-state index is 14.1. The van der Waals surface area contributed by atoms with Gasteiger partial charge in [-0.2, -0.15) is 52.7 Å². The second-order valence-electron chi connectivity index (χ2n) is 7.39. The molecule has 0 saturated heterocycles. The molecule has 0 amide bonds. The van der Waals surface area contributed by atoms with Crippen molar-refractivity contribution in [1.82, 2.24) is 0 Å². The van der Waals surface area contributed by atoms with Crippen LogP contribution in [0.25, 0.3) is 0 Å². The predicted octanol–water partition coefficient (Wildman–Crippen LogP) is 5.10. The average Bonchev–Trinajstić information content (AvgIpc) is 2.67. The second-order valence-corrected chi connectivity index (χ2v) is 7.39. The van der Waals surface area contributed by atoms with Crippen LogP contribution in [0.4, 0.5) is 57.1 Å². The summed E-state index contributed by atoms with van der Waals surface area (Å²) in [7, 11) is 0. The third-order valence-electron chi connectivity index (χ3n) is 4.11. The summed E-state index contributed by atoms with van der Waals surface area (Å²) in [5.41, 5.74) is -7.99. The second kappa shape index (κ2) is 11.3. The highest BCUT2D eigenvalue weighted by Crippen LogP contribution is 2.60. The lowest BCUT2D eigenvalue weighted by atomic mass is 9.87. The minimum atomic E-state index is -7.85. The number of hydrogen-bond acceptors (Lipinski definition) is 6. The molecule has 0 aliphatic rings. The molecule has 0 fully saturated rings. The van der Waals surface area contributed by atoms with Crippen molar-refractivity contribution < 1.29 is 85.7 Å². The number of rotatable bonds is 12. The van der Waals surface area contributed by atoms with Crippen LogP contribution in [0.2, 0.25) is 0 Å². The molecule has 0 aromatic rings. The van der Waals surface area contributed by atoms with E-state index >= 15 is 0 Å². The SMILES string of the molecule is C=C(C)C(=O)OCCOC(=O)CC(CC(F)(F)C(F)(F)C(F)(C(F)(F)F)C(F)(F)F)OC(=O)C(C)(F)F. The van der Waals surface area contributed by atoms with Gasteiger partial charge in [-0.1, -0.05) is 6.58 Å². The lowest BCUT2D eigenvalue weighted by molar-refractivity contribution is -0.428. The summed E-state index contributed by atoms with van der Waals surface area (Å²) in [6, 6.07) is 0. The summed E-state index contributed by atoms with van der Waals surface area (Å²) in [4.78, 5) is 34.1. The number of halogens is 13. The lowest BCUT2D eigenvalue weighted by Crippen LogP contribution is -2.70. The van der Waals surface area contributed by atoms with Gasteiger partial charge < -0.3 is 14.2 Å². The van der Waals surface area contributed by atoms with Crippen molar-refractivity contribution in [2.45, 2.75) is 68.6 Å². The van der Waals surface area contributed by atoms with E-state index in [1.54, 1.807) is 0 Å². The highest BCUT2D eigenvalue weighted by molar-refractivity contribution is 5.86. The molecular formula is C18H17F13O6. The van der Waals surface area contributed by atoms with Crippen LogP contribution in [0.5, 0.6) is 0 Å². The Labute approximate surface area is 198 Å². The van der Waals surface area contributed by atoms with E-state index in [2.05, 4.69) is 20.8 Å². The van der Waals surface area contributed by atoms with Crippen molar-refractivity contribution in [2.24, 2.45) is 0 Å². The van der Waals surface area contributed by atoms with Crippen molar-refractivity contribution in [3.63, 3.8) is 0 Å². The molecule has 0 bridgehead atoms. The topological polar surface area (TPSA) is 78.9 Å². The van der Waals surface area contributed by atoms with E-state index in [0.29, 0.717) is 0 Å². The van der Waals surface area contributed by atoms with Crippen LogP contribution in [0.3, 0.4) is 0 Å². The quantitative estimate of drug-likeness (QED) is 0.106. The van der Waals surface area contributed by atoms with Crippen LogP contribution < -0.4 is 0 Å². The summed E-state index contributed by atoms with van der Waals surface area (Å²) >= 11 is 0.